The Morgan fingerprint density at radius 3 is 1.90 bits per heavy atom. The SMILES string of the molecule is CC.Cc1c(-c2ccc(Cc3ccccc3)cc2)n(Cc2ccc(OCCCCN3CCN(C(=O)COc4ccc(C5CCC(=O)NC5=O)cc4)CC3)cc2)c2ccc(Cc3ccccc3)cc12. The van der Waals surface area contributed by atoms with Crippen molar-refractivity contribution in [2.45, 2.75) is 71.8 Å². The smallest absolute Gasteiger partial charge is 0.260 e. The number of nitrogens with one attached hydrogen (secondary N) is 1. The molecule has 2 aliphatic heterocycles. The molecule has 3 amide bonds. The van der Waals surface area contributed by atoms with Crippen molar-refractivity contribution in [2.75, 3.05) is 45.9 Å². The number of benzene rings is 6. The third-order valence-electron chi connectivity index (χ3n) is 13.1. The molecule has 7 aromatic rings. The number of unbranched alkanes of at least 4 members (excludes halogenated alkanes) is 1. The minimum Gasteiger partial charge on any atom is -0.494 e. The first-order valence-electron chi connectivity index (χ1n) is 24.4. The van der Waals surface area contributed by atoms with Gasteiger partial charge in [0, 0.05) is 50.0 Å². The Morgan fingerprint density at radius 1 is 0.647 bits per heavy atom. The van der Waals surface area contributed by atoms with Gasteiger partial charge in [-0.05, 0) is 126 Å². The molecule has 9 heteroatoms. The minimum atomic E-state index is -0.343. The number of piperazine rings is 1. The highest BCUT2D eigenvalue weighted by Gasteiger charge is 2.28. The average molecular weight is 909 g/mol. The van der Waals surface area contributed by atoms with Gasteiger partial charge >= 0.3 is 0 Å². The van der Waals surface area contributed by atoms with Crippen LogP contribution >= 0.6 is 0 Å². The van der Waals surface area contributed by atoms with Crippen LogP contribution in [0.5, 0.6) is 11.5 Å². The number of carbonyl (C=O) groups is 3. The van der Waals surface area contributed by atoms with E-state index in [9.17, 15) is 14.4 Å². The summed E-state index contributed by atoms with van der Waals surface area (Å²) in [6.07, 6.45) is 4.62. The largest absolute Gasteiger partial charge is 0.494 e. The third kappa shape index (κ3) is 12.1. The van der Waals surface area contributed by atoms with E-state index in [-0.39, 0.29) is 30.2 Å². The summed E-state index contributed by atoms with van der Waals surface area (Å²) in [6.45, 7) is 11.6. The van der Waals surface area contributed by atoms with Gasteiger partial charge in [-0.3, -0.25) is 24.6 Å². The maximum Gasteiger partial charge on any atom is 0.260 e. The van der Waals surface area contributed by atoms with Crippen LogP contribution in [0.15, 0.2) is 152 Å². The van der Waals surface area contributed by atoms with E-state index in [0.717, 1.165) is 63.2 Å². The summed E-state index contributed by atoms with van der Waals surface area (Å²) in [7, 11) is 0. The van der Waals surface area contributed by atoms with E-state index in [1.165, 1.54) is 55.5 Å². The first kappa shape index (κ1) is 47.5. The van der Waals surface area contributed by atoms with Crippen LogP contribution in [0.3, 0.4) is 0 Å². The van der Waals surface area contributed by atoms with Crippen molar-refractivity contribution in [2.24, 2.45) is 0 Å². The van der Waals surface area contributed by atoms with Gasteiger partial charge in [-0.15, -0.1) is 0 Å². The van der Waals surface area contributed by atoms with Gasteiger partial charge < -0.3 is 18.9 Å². The number of fused-ring (bicyclic) bond motifs is 1. The fourth-order valence-corrected chi connectivity index (χ4v) is 9.43. The van der Waals surface area contributed by atoms with Gasteiger partial charge in [0.2, 0.25) is 11.8 Å². The molecule has 9 nitrogen and oxygen atoms in total. The second kappa shape index (κ2) is 23.2. The number of rotatable bonds is 17. The van der Waals surface area contributed by atoms with Crippen LogP contribution in [0.25, 0.3) is 22.2 Å². The van der Waals surface area contributed by atoms with Gasteiger partial charge in [0.05, 0.1) is 18.2 Å². The maximum atomic E-state index is 12.9. The number of piperidine rings is 1. The van der Waals surface area contributed by atoms with Gasteiger partial charge in [0.25, 0.3) is 5.91 Å². The average Bonchev–Trinajstić information content (AvgIpc) is 3.64. The Bertz CT molecular complexity index is 2740. The van der Waals surface area contributed by atoms with Crippen LogP contribution in [0.2, 0.25) is 0 Å². The summed E-state index contributed by atoms with van der Waals surface area (Å²) in [5.41, 5.74) is 12.3. The number of aromatic nitrogens is 1. The van der Waals surface area contributed by atoms with Crippen LogP contribution in [0.4, 0.5) is 0 Å². The maximum absolute atomic E-state index is 12.9. The van der Waals surface area contributed by atoms with Crippen LogP contribution in [0.1, 0.15) is 84.4 Å². The first-order valence-corrected chi connectivity index (χ1v) is 24.4. The van der Waals surface area contributed by atoms with Gasteiger partial charge in [0.15, 0.2) is 6.61 Å². The predicted molar refractivity (Wildman–Crippen MR) is 272 cm³/mol. The van der Waals surface area contributed by atoms with E-state index in [0.29, 0.717) is 38.3 Å². The molecule has 2 fully saturated rings. The molecule has 1 N–H and O–H groups in total. The molecule has 0 spiro atoms. The minimum absolute atomic E-state index is 0.0271. The lowest BCUT2D eigenvalue weighted by molar-refractivity contribution is -0.135. The molecular weight excluding hydrogens is 845 g/mol. The summed E-state index contributed by atoms with van der Waals surface area (Å²) in [5.74, 6) is 0.594. The van der Waals surface area contributed by atoms with Crippen molar-refractivity contribution in [3.63, 3.8) is 0 Å². The lowest BCUT2D eigenvalue weighted by Gasteiger charge is -2.34. The van der Waals surface area contributed by atoms with Crippen molar-refractivity contribution in [3.8, 4) is 22.8 Å². The van der Waals surface area contributed by atoms with Crippen molar-refractivity contribution >= 4 is 28.6 Å². The van der Waals surface area contributed by atoms with Crippen molar-refractivity contribution < 1.29 is 23.9 Å². The molecule has 0 bridgehead atoms. The van der Waals surface area contributed by atoms with Crippen LogP contribution in [0, 0.1) is 6.92 Å². The summed E-state index contributed by atoms with van der Waals surface area (Å²) >= 11 is 0. The van der Waals surface area contributed by atoms with E-state index >= 15 is 0 Å². The highest BCUT2D eigenvalue weighted by Crippen LogP contribution is 2.36. The van der Waals surface area contributed by atoms with E-state index in [1.54, 1.807) is 12.1 Å². The molecule has 68 heavy (non-hydrogen) atoms. The second-order valence-electron chi connectivity index (χ2n) is 17.7. The molecule has 2 aliphatic rings. The Morgan fingerprint density at radius 2 is 1.24 bits per heavy atom. The Kier molecular flexibility index (Phi) is 16.2. The van der Waals surface area contributed by atoms with Crippen LogP contribution in [-0.4, -0.2) is 78.0 Å². The van der Waals surface area contributed by atoms with E-state index < -0.39 is 0 Å². The van der Waals surface area contributed by atoms with Crippen molar-refractivity contribution in [3.05, 3.63) is 191 Å². The number of hydrogen-bond acceptors (Lipinski definition) is 6. The molecule has 350 valence electrons. The highest BCUT2D eigenvalue weighted by molar-refractivity contribution is 6.01. The highest BCUT2D eigenvalue weighted by atomic mass is 16.5. The molecular formula is C59H64N4O5. The topological polar surface area (TPSA) is 93.1 Å². The summed E-state index contributed by atoms with van der Waals surface area (Å²) in [4.78, 5) is 40.9. The summed E-state index contributed by atoms with van der Waals surface area (Å²) < 4.78 is 14.5. The zero-order chi connectivity index (χ0) is 47.2. The molecule has 1 atom stereocenters. The molecule has 0 aliphatic carbocycles. The van der Waals surface area contributed by atoms with Gasteiger partial charge in [0.1, 0.15) is 11.5 Å². The van der Waals surface area contributed by atoms with Gasteiger partial charge in [-0.1, -0.05) is 129 Å². The Labute approximate surface area is 401 Å². The lowest BCUT2D eigenvalue weighted by atomic mass is 9.90. The fourth-order valence-electron chi connectivity index (χ4n) is 9.43. The number of carbonyl (C=O) groups excluding carboxylic acids is 3. The molecule has 3 heterocycles. The summed E-state index contributed by atoms with van der Waals surface area (Å²) in [6, 6.07) is 53.2. The molecule has 0 saturated carbocycles. The normalized spacial score (nSPS) is 15.1. The Balaban J connectivity index is 0.00000308. The zero-order valence-electron chi connectivity index (χ0n) is 39.8. The number of ether oxygens (including phenoxy) is 2. The predicted octanol–water partition coefficient (Wildman–Crippen LogP) is 10.8. The van der Waals surface area contributed by atoms with Crippen molar-refractivity contribution in [1.29, 1.82) is 0 Å². The quantitative estimate of drug-likeness (QED) is 0.0723. The molecule has 0 radical (unpaired) electrons. The zero-order valence-corrected chi connectivity index (χ0v) is 39.8. The molecule has 9 rings (SSSR count). The number of aryl methyl sites for hydroxylation is 1. The van der Waals surface area contributed by atoms with E-state index in [4.69, 9.17) is 9.47 Å². The van der Waals surface area contributed by atoms with Gasteiger partial charge in [-0.25, -0.2) is 0 Å². The standard InChI is InChI=1S/C57H58N4O5.C2H6/c1-41-52-38-46(37-43-12-6-3-7-13-43)18-28-53(52)61(56(41)48-19-14-44(15-20-48)36-42-10-4-2-5-11-42)39-45-16-23-49(24-17-45)65-35-9-8-30-59-31-33-60(34-32-59)55(63)40-66-50-25-21-47(22-26-50)51-27-29-54(62)58-57(51)64;1-2/h2-7,10-26,28,38,51H,8-9,27,29-37,39-40H2,1H3,(H,58,62,64);1-2H3. The fraction of sp³-hybridized carbons (Fsp3) is 0.305. The molecule has 6 aromatic carbocycles. The first-order chi connectivity index (χ1) is 33.3. The van der Waals surface area contributed by atoms with E-state index in [1.807, 2.05) is 30.9 Å². The molecule has 1 unspecified atom stereocenters. The van der Waals surface area contributed by atoms with Crippen molar-refractivity contribution in [1.82, 2.24) is 19.7 Å². The second-order valence-corrected chi connectivity index (χ2v) is 17.7. The number of hydrogen-bond donors (Lipinski definition) is 1. The monoisotopic (exact) mass is 908 g/mol. The number of imide groups is 1. The number of nitrogens with zero attached hydrogens (tertiary/aromatic N) is 3. The van der Waals surface area contributed by atoms with Gasteiger partial charge in [-0.2, -0.15) is 0 Å². The Hall–Kier alpha value is -6.97. The lowest BCUT2D eigenvalue weighted by Crippen LogP contribution is -2.50. The summed E-state index contributed by atoms with van der Waals surface area (Å²) in [5, 5.41) is 3.69. The van der Waals surface area contributed by atoms with E-state index in [2.05, 4.69) is 149 Å². The molecule has 1 aromatic heterocycles. The molecule has 2 saturated heterocycles. The third-order valence-corrected chi connectivity index (χ3v) is 13.1. The van der Waals surface area contributed by atoms with Crippen LogP contribution in [-0.2, 0) is 33.8 Å². The number of amides is 3. The van der Waals surface area contributed by atoms with Crippen LogP contribution < -0.4 is 14.8 Å².